The van der Waals surface area contributed by atoms with Crippen molar-refractivity contribution in [3.05, 3.63) is 58.1 Å². The van der Waals surface area contributed by atoms with E-state index in [1.165, 1.54) is 5.56 Å². The summed E-state index contributed by atoms with van der Waals surface area (Å²) in [5.41, 5.74) is 4.12. The van der Waals surface area contributed by atoms with Crippen LogP contribution in [0.25, 0.3) is 0 Å². The normalized spacial score (nSPS) is 16.3. The molecular weight excluding hydrogens is 310 g/mol. The lowest BCUT2D eigenvalue weighted by Gasteiger charge is -2.23. The molecule has 0 radical (unpaired) electrons. The molecule has 0 aliphatic carbocycles. The van der Waals surface area contributed by atoms with Crippen LogP contribution >= 0.6 is 11.6 Å². The first kappa shape index (κ1) is 15.9. The van der Waals surface area contributed by atoms with Gasteiger partial charge in [-0.25, -0.2) is 0 Å². The minimum atomic E-state index is -0.0206. The van der Waals surface area contributed by atoms with Gasteiger partial charge < -0.3 is 9.64 Å². The zero-order valence-electron chi connectivity index (χ0n) is 13.6. The van der Waals surface area contributed by atoms with Crippen LogP contribution in [0.5, 0.6) is 5.75 Å². The van der Waals surface area contributed by atoms with Gasteiger partial charge in [0.2, 0.25) is 0 Å². The van der Waals surface area contributed by atoms with Gasteiger partial charge in [-0.05, 0) is 62.1 Å². The number of fused-ring (bicyclic) bond motifs is 1. The summed E-state index contributed by atoms with van der Waals surface area (Å²) in [5, 5.41) is 0.741. The van der Waals surface area contributed by atoms with Gasteiger partial charge in [-0.2, -0.15) is 0 Å². The molecule has 1 aliphatic rings. The van der Waals surface area contributed by atoms with Gasteiger partial charge in [0.1, 0.15) is 5.75 Å². The Balaban J connectivity index is 1.73. The van der Waals surface area contributed by atoms with Crippen molar-refractivity contribution in [2.75, 3.05) is 11.5 Å². The standard InChI is InChI=1S/C19H20ClNO2/c1-12-8-16(9-13(2)19(12)20)23-11-18(22)21-14(3)10-15-6-4-5-7-17(15)21/h4-9,14H,10-11H2,1-3H3/t14-/m0/s1. The van der Waals surface area contributed by atoms with Gasteiger partial charge in [-0.1, -0.05) is 29.8 Å². The Morgan fingerprint density at radius 3 is 2.61 bits per heavy atom. The van der Waals surface area contributed by atoms with Crippen molar-refractivity contribution in [1.29, 1.82) is 0 Å². The molecule has 3 rings (SSSR count). The SMILES string of the molecule is Cc1cc(OCC(=O)N2c3ccccc3C[C@@H]2C)cc(C)c1Cl. The highest BCUT2D eigenvalue weighted by atomic mass is 35.5. The molecule has 0 bridgehead atoms. The summed E-state index contributed by atoms with van der Waals surface area (Å²) in [5.74, 6) is 0.658. The van der Waals surface area contributed by atoms with Crippen LogP contribution in [-0.4, -0.2) is 18.6 Å². The van der Waals surface area contributed by atoms with Crippen molar-refractivity contribution in [1.82, 2.24) is 0 Å². The number of carbonyl (C=O) groups is 1. The first-order valence-electron chi connectivity index (χ1n) is 7.77. The zero-order valence-corrected chi connectivity index (χ0v) is 14.4. The number of nitrogens with zero attached hydrogens (tertiary/aromatic N) is 1. The summed E-state index contributed by atoms with van der Waals surface area (Å²) in [7, 11) is 0. The first-order valence-corrected chi connectivity index (χ1v) is 8.14. The van der Waals surface area contributed by atoms with Crippen molar-refractivity contribution >= 4 is 23.2 Å². The average molecular weight is 330 g/mol. The molecule has 1 amide bonds. The van der Waals surface area contributed by atoms with E-state index in [1.807, 2.05) is 49.1 Å². The summed E-state index contributed by atoms with van der Waals surface area (Å²) in [4.78, 5) is 14.4. The van der Waals surface area contributed by atoms with E-state index in [9.17, 15) is 4.79 Å². The molecule has 2 aromatic rings. The molecule has 3 nitrogen and oxygen atoms in total. The number of rotatable bonds is 3. The highest BCUT2D eigenvalue weighted by Gasteiger charge is 2.30. The van der Waals surface area contributed by atoms with Crippen LogP contribution in [-0.2, 0) is 11.2 Å². The van der Waals surface area contributed by atoms with Crippen LogP contribution in [0, 0.1) is 13.8 Å². The van der Waals surface area contributed by atoms with E-state index in [1.54, 1.807) is 0 Å². The lowest BCUT2D eigenvalue weighted by Crippen LogP contribution is -2.39. The van der Waals surface area contributed by atoms with Crippen LogP contribution < -0.4 is 9.64 Å². The van der Waals surface area contributed by atoms with E-state index < -0.39 is 0 Å². The topological polar surface area (TPSA) is 29.5 Å². The fraction of sp³-hybridized carbons (Fsp3) is 0.316. The molecule has 23 heavy (non-hydrogen) atoms. The van der Waals surface area contributed by atoms with Gasteiger partial charge in [0.15, 0.2) is 6.61 Å². The number of halogens is 1. The van der Waals surface area contributed by atoms with Gasteiger partial charge in [-0.3, -0.25) is 4.79 Å². The van der Waals surface area contributed by atoms with E-state index in [0.717, 1.165) is 28.3 Å². The average Bonchev–Trinajstić information content (AvgIpc) is 2.86. The van der Waals surface area contributed by atoms with Gasteiger partial charge in [-0.15, -0.1) is 0 Å². The predicted molar refractivity (Wildman–Crippen MR) is 93.5 cm³/mol. The third-order valence-corrected chi connectivity index (χ3v) is 4.84. The number of benzene rings is 2. The molecule has 0 fully saturated rings. The molecule has 0 saturated carbocycles. The minimum Gasteiger partial charge on any atom is -0.484 e. The van der Waals surface area contributed by atoms with Gasteiger partial charge >= 0.3 is 0 Å². The Morgan fingerprint density at radius 2 is 1.91 bits per heavy atom. The van der Waals surface area contributed by atoms with Crippen LogP contribution in [0.15, 0.2) is 36.4 Å². The predicted octanol–water partition coefficient (Wildman–Crippen LogP) is 4.31. The minimum absolute atomic E-state index is 0.0206. The maximum absolute atomic E-state index is 12.6. The largest absolute Gasteiger partial charge is 0.484 e. The maximum Gasteiger partial charge on any atom is 0.265 e. The van der Waals surface area contributed by atoms with Crippen LogP contribution in [0.1, 0.15) is 23.6 Å². The molecule has 1 aliphatic heterocycles. The number of hydrogen-bond donors (Lipinski definition) is 0. The van der Waals surface area contributed by atoms with Gasteiger partial charge in [0, 0.05) is 16.8 Å². The number of anilines is 1. The second-order valence-corrected chi connectivity index (χ2v) is 6.48. The highest BCUT2D eigenvalue weighted by molar-refractivity contribution is 6.32. The van der Waals surface area contributed by atoms with Crippen LogP contribution in [0.3, 0.4) is 0 Å². The molecule has 0 N–H and O–H groups in total. The highest BCUT2D eigenvalue weighted by Crippen LogP contribution is 2.32. The Morgan fingerprint density at radius 1 is 1.26 bits per heavy atom. The number of hydrogen-bond acceptors (Lipinski definition) is 2. The van der Waals surface area contributed by atoms with Crippen molar-refractivity contribution in [2.24, 2.45) is 0 Å². The molecule has 0 spiro atoms. The Kier molecular flexibility index (Phi) is 4.31. The molecule has 4 heteroatoms. The fourth-order valence-corrected chi connectivity index (χ4v) is 3.26. The van der Waals surface area contributed by atoms with Crippen molar-refractivity contribution in [3.8, 4) is 5.75 Å². The number of para-hydroxylation sites is 1. The summed E-state index contributed by atoms with van der Waals surface area (Å²) >= 11 is 6.16. The number of amides is 1. The number of aryl methyl sites for hydroxylation is 2. The van der Waals surface area contributed by atoms with E-state index in [4.69, 9.17) is 16.3 Å². The molecular formula is C19H20ClNO2. The number of carbonyl (C=O) groups excluding carboxylic acids is 1. The smallest absolute Gasteiger partial charge is 0.265 e. The van der Waals surface area contributed by atoms with Gasteiger partial charge in [0.05, 0.1) is 0 Å². The second kappa shape index (κ2) is 6.25. The van der Waals surface area contributed by atoms with E-state index in [0.29, 0.717) is 5.75 Å². The Bertz CT molecular complexity index is 734. The second-order valence-electron chi connectivity index (χ2n) is 6.11. The molecule has 0 saturated heterocycles. The maximum atomic E-state index is 12.6. The third kappa shape index (κ3) is 3.06. The van der Waals surface area contributed by atoms with Crippen molar-refractivity contribution in [2.45, 2.75) is 33.2 Å². The number of ether oxygens (including phenoxy) is 1. The third-order valence-electron chi connectivity index (χ3n) is 4.25. The Labute approximate surface area is 141 Å². The quantitative estimate of drug-likeness (QED) is 0.839. The zero-order chi connectivity index (χ0) is 16.6. The molecule has 0 unspecified atom stereocenters. The molecule has 1 heterocycles. The molecule has 1 atom stereocenters. The van der Waals surface area contributed by atoms with Crippen LogP contribution in [0.2, 0.25) is 5.02 Å². The molecule has 0 aromatic heterocycles. The lowest BCUT2D eigenvalue weighted by molar-refractivity contribution is -0.120. The van der Waals surface area contributed by atoms with E-state index >= 15 is 0 Å². The summed E-state index contributed by atoms with van der Waals surface area (Å²) in [6.07, 6.45) is 0.890. The van der Waals surface area contributed by atoms with E-state index in [2.05, 4.69) is 13.0 Å². The summed E-state index contributed by atoms with van der Waals surface area (Å²) < 4.78 is 5.71. The van der Waals surface area contributed by atoms with Crippen LogP contribution in [0.4, 0.5) is 5.69 Å². The van der Waals surface area contributed by atoms with Crippen molar-refractivity contribution in [3.63, 3.8) is 0 Å². The fourth-order valence-electron chi connectivity index (χ4n) is 3.15. The molecule has 120 valence electrons. The first-order chi connectivity index (χ1) is 11.0. The Hall–Kier alpha value is -2.00. The van der Waals surface area contributed by atoms with Crippen molar-refractivity contribution < 1.29 is 9.53 Å². The summed E-state index contributed by atoms with van der Waals surface area (Å²) in [6, 6.07) is 11.9. The molecule has 2 aromatic carbocycles. The lowest BCUT2D eigenvalue weighted by atomic mass is 10.1. The van der Waals surface area contributed by atoms with Gasteiger partial charge in [0.25, 0.3) is 5.91 Å². The summed E-state index contributed by atoms with van der Waals surface area (Å²) in [6.45, 7) is 5.96. The van der Waals surface area contributed by atoms with E-state index in [-0.39, 0.29) is 18.6 Å². The monoisotopic (exact) mass is 329 g/mol.